The summed E-state index contributed by atoms with van der Waals surface area (Å²) in [5.41, 5.74) is -0.109. The fourth-order valence-electron chi connectivity index (χ4n) is 1.37. The van der Waals surface area contributed by atoms with Gasteiger partial charge in [-0.15, -0.1) is 0 Å². The van der Waals surface area contributed by atoms with Gasteiger partial charge in [0.05, 0.1) is 13.2 Å². The highest BCUT2D eigenvalue weighted by Gasteiger charge is 2.37. The first-order chi connectivity index (χ1) is 6.95. The summed E-state index contributed by atoms with van der Waals surface area (Å²) in [5.74, 6) is 0.538. The van der Waals surface area contributed by atoms with Crippen LogP contribution in [0.1, 0.15) is 20.8 Å². The molecule has 1 atom stereocenters. The summed E-state index contributed by atoms with van der Waals surface area (Å²) in [6.07, 6.45) is 0. The van der Waals surface area contributed by atoms with Crippen molar-refractivity contribution in [3.63, 3.8) is 0 Å². The van der Waals surface area contributed by atoms with Gasteiger partial charge >= 0.3 is 0 Å². The van der Waals surface area contributed by atoms with E-state index in [0.717, 1.165) is 0 Å². The van der Waals surface area contributed by atoms with Gasteiger partial charge in [0.25, 0.3) is 0 Å². The van der Waals surface area contributed by atoms with Crippen molar-refractivity contribution in [3.05, 3.63) is 0 Å². The van der Waals surface area contributed by atoms with Crippen LogP contribution >= 0.6 is 0 Å². The molecular weight excluding hydrogens is 194 g/mol. The van der Waals surface area contributed by atoms with Gasteiger partial charge in [0.2, 0.25) is 5.91 Å². The molecular formula is C10H19N3O2. The molecule has 15 heavy (non-hydrogen) atoms. The molecule has 1 fully saturated rings. The SMILES string of the molecule is COCCN=C1NC(=O)C(C(C)(C)C)N1. The maximum atomic E-state index is 11.6. The zero-order valence-corrected chi connectivity index (χ0v) is 9.76. The average molecular weight is 213 g/mol. The topological polar surface area (TPSA) is 62.7 Å². The maximum Gasteiger partial charge on any atom is 0.249 e. The third-order valence-corrected chi connectivity index (χ3v) is 2.22. The summed E-state index contributed by atoms with van der Waals surface area (Å²) in [4.78, 5) is 15.8. The fourth-order valence-corrected chi connectivity index (χ4v) is 1.37. The molecule has 0 saturated carbocycles. The Hall–Kier alpha value is -1.10. The lowest BCUT2D eigenvalue weighted by molar-refractivity contribution is -0.122. The average Bonchev–Trinajstić information content (AvgIpc) is 2.47. The number of carbonyl (C=O) groups is 1. The van der Waals surface area contributed by atoms with Crippen LogP contribution in [0.15, 0.2) is 4.99 Å². The molecule has 0 radical (unpaired) electrons. The molecule has 2 N–H and O–H groups in total. The van der Waals surface area contributed by atoms with Crippen molar-refractivity contribution < 1.29 is 9.53 Å². The molecule has 0 aromatic carbocycles. The second-order valence-corrected chi connectivity index (χ2v) is 4.66. The van der Waals surface area contributed by atoms with Crippen molar-refractivity contribution in [1.29, 1.82) is 0 Å². The monoisotopic (exact) mass is 213 g/mol. The van der Waals surface area contributed by atoms with Gasteiger partial charge in [-0.05, 0) is 5.41 Å². The lowest BCUT2D eigenvalue weighted by Gasteiger charge is -2.23. The van der Waals surface area contributed by atoms with Crippen molar-refractivity contribution in [2.75, 3.05) is 20.3 Å². The largest absolute Gasteiger partial charge is 0.383 e. The van der Waals surface area contributed by atoms with E-state index < -0.39 is 0 Å². The Balaban J connectivity index is 2.56. The van der Waals surface area contributed by atoms with Crippen LogP contribution in [0.5, 0.6) is 0 Å². The van der Waals surface area contributed by atoms with Crippen LogP contribution in [0.3, 0.4) is 0 Å². The van der Waals surface area contributed by atoms with E-state index in [1.807, 2.05) is 20.8 Å². The molecule has 0 aromatic rings. The molecule has 1 aliphatic heterocycles. The number of aliphatic imine (C=N–C) groups is 1. The lowest BCUT2D eigenvalue weighted by Crippen LogP contribution is -2.41. The number of ether oxygens (including phenoxy) is 1. The molecule has 1 heterocycles. The normalized spacial score (nSPS) is 24.1. The molecule has 1 aliphatic rings. The first kappa shape index (κ1) is 12.0. The number of nitrogens with one attached hydrogen (secondary N) is 2. The van der Waals surface area contributed by atoms with E-state index in [9.17, 15) is 4.79 Å². The van der Waals surface area contributed by atoms with Crippen LogP contribution in [0.2, 0.25) is 0 Å². The van der Waals surface area contributed by atoms with Gasteiger partial charge < -0.3 is 10.1 Å². The smallest absolute Gasteiger partial charge is 0.249 e. The van der Waals surface area contributed by atoms with Crippen LogP contribution in [0, 0.1) is 5.41 Å². The van der Waals surface area contributed by atoms with Crippen LogP contribution in [0.4, 0.5) is 0 Å². The van der Waals surface area contributed by atoms with Crippen molar-refractivity contribution in [2.24, 2.45) is 10.4 Å². The van der Waals surface area contributed by atoms with E-state index in [1.165, 1.54) is 0 Å². The minimum atomic E-state index is -0.209. The third kappa shape index (κ3) is 3.20. The quantitative estimate of drug-likeness (QED) is 0.655. The predicted molar refractivity (Wildman–Crippen MR) is 58.7 cm³/mol. The Morgan fingerprint density at radius 1 is 1.47 bits per heavy atom. The minimum Gasteiger partial charge on any atom is -0.383 e. The molecule has 5 heteroatoms. The Morgan fingerprint density at radius 3 is 2.60 bits per heavy atom. The Labute approximate surface area is 90.3 Å². The van der Waals surface area contributed by atoms with Crippen LogP contribution in [-0.4, -0.2) is 38.2 Å². The zero-order chi connectivity index (χ0) is 11.5. The number of rotatable bonds is 3. The van der Waals surface area contributed by atoms with Crippen molar-refractivity contribution in [3.8, 4) is 0 Å². The second-order valence-electron chi connectivity index (χ2n) is 4.66. The summed E-state index contributed by atoms with van der Waals surface area (Å²) in [7, 11) is 1.62. The standard InChI is InChI=1S/C10H19N3O2/c1-10(2,3)7-8(14)13-9(12-7)11-5-6-15-4/h7H,5-6H2,1-4H3,(H2,11,12,13,14). The van der Waals surface area contributed by atoms with Crippen LogP contribution in [0.25, 0.3) is 0 Å². The number of hydrogen-bond donors (Lipinski definition) is 2. The van der Waals surface area contributed by atoms with Gasteiger partial charge in [-0.3, -0.25) is 15.1 Å². The lowest BCUT2D eigenvalue weighted by atomic mass is 9.87. The van der Waals surface area contributed by atoms with E-state index in [-0.39, 0.29) is 17.4 Å². The highest BCUT2D eigenvalue weighted by Crippen LogP contribution is 2.21. The molecule has 1 rings (SSSR count). The molecule has 5 nitrogen and oxygen atoms in total. The van der Waals surface area contributed by atoms with E-state index in [1.54, 1.807) is 7.11 Å². The highest BCUT2D eigenvalue weighted by atomic mass is 16.5. The summed E-state index contributed by atoms with van der Waals surface area (Å²) >= 11 is 0. The Kier molecular flexibility index (Phi) is 3.68. The first-order valence-electron chi connectivity index (χ1n) is 5.06. The van der Waals surface area contributed by atoms with Crippen LogP contribution < -0.4 is 10.6 Å². The maximum absolute atomic E-state index is 11.6. The predicted octanol–water partition coefficient (Wildman–Crippen LogP) is 0.123. The summed E-state index contributed by atoms with van der Waals surface area (Å²) in [6.45, 7) is 7.16. The number of amides is 1. The Morgan fingerprint density at radius 2 is 2.13 bits per heavy atom. The van der Waals surface area contributed by atoms with Gasteiger partial charge in [0, 0.05) is 7.11 Å². The van der Waals surface area contributed by atoms with Gasteiger partial charge in [-0.1, -0.05) is 20.8 Å². The molecule has 1 saturated heterocycles. The van der Waals surface area contributed by atoms with Crippen molar-refractivity contribution >= 4 is 11.9 Å². The number of guanidine groups is 1. The van der Waals surface area contributed by atoms with Crippen molar-refractivity contribution in [1.82, 2.24) is 10.6 Å². The number of hydrogen-bond acceptors (Lipinski definition) is 3. The van der Waals surface area contributed by atoms with E-state index in [2.05, 4.69) is 15.6 Å². The second kappa shape index (κ2) is 4.61. The third-order valence-electron chi connectivity index (χ3n) is 2.22. The van der Waals surface area contributed by atoms with E-state index in [4.69, 9.17) is 4.74 Å². The highest BCUT2D eigenvalue weighted by molar-refractivity contribution is 6.06. The Bertz CT molecular complexity index is 268. The first-order valence-corrected chi connectivity index (χ1v) is 5.06. The molecule has 0 bridgehead atoms. The molecule has 0 aromatic heterocycles. The number of carbonyl (C=O) groups excluding carboxylic acids is 1. The van der Waals surface area contributed by atoms with Crippen LogP contribution in [-0.2, 0) is 9.53 Å². The molecule has 86 valence electrons. The minimum absolute atomic E-state index is 0.0151. The summed E-state index contributed by atoms with van der Waals surface area (Å²) in [5, 5.41) is 5.79. The zero-order valence-electron chi connectivity index (χ0n) is 9.76. The van der Waals surface area contributed by atoms with Gasteiger partial charge in [0.1, 0.15) is 6.04 Å². The van der Waals surface area contributed by atoms with E-state index in [0.29, 0.717) is 19.1 Å². The van der Waals surface area contributed by atoms with Gasteiger partial charge in [-0.2, -0.15) is 0 Å². The molecule has 1 amide bonds. The number of nitrogens with zero attached hydrogens (tertiary/aromatic N) is 1. The molecule has 0 aliphatic carbocycles. The van der Waals surface area contributed by atoms with E-state index >= 15 is 0 Å². The summed E-state index contributed by atoms with van der Waals surface area (Å²) < 4.78 is 4.88. The number of methoxy groups -OCH3 is 1. The summed E-state index contributed by atoms with van der Waals surface area (Å²) in [6, 6.07) is -0.209. The van der Waals surface area contributed by atoms with Gasteiger partial charge in [-0.25, -0.2) is 0 Å². The molecule has 1 unspecified atom stereocenters. The fraction of sp³-hybridized carbons (Fsp3) is 0.800. The molecule has 0 spiro atoms. The van der Waals surface area contributed by atoms with Gasteiger partial charge in [0.15, 0.2) is 5.96 Å². The van der Waals surface area contributed by atoms with Crippen molar-refractivity contribution in [2.45, 2.75) is 26.8 Å².